The number of amides is 3. The highest BCUT2D eigenvalue weighted by molar-refractivity contribution is 5.95. The molecule has 53 heavy (non-hydrogen) atoms. The number of hydrogen-bond acceptors (Lipinski definition) is 8. The Morgan fingerprint density at radius 2 is 1.74 bits per heavy atom. The summed E-state index contributed by atoms with van der Waals surface area (Å²) in [6.07, 6.45) is -2.06. The predicted molar refractivity (Wildman–Crippen MR) is 178 cm³/mol. The number of piperazine rings is 1. The summed E-state index contributed by atoms with van der Waals surface area (Å²) in [5, 5.41) is 9.01. The monoisotopic (exact) mass is 749 g/mol. The van der Waals surface area contributed by atoms with Crippen molar-refractivity contribution in [2.75, 3.05) is 31.5 Å². The van der Waals surface area contributed by atoms with Gasteiger partial charge < -0.3 is 25.2 Å². The van der Waals surface area contributed by atoms with E-state index in [1.807, 2.05) is 0 Å². The number of nitrogens with one attached hydrogen (secondary N) is 2. The number of nitrogens with zero attached hydrogens (tertiary/aromatic N) is 7. The molecule has 4 aromatic rings. The number of carbonyl (C=O) groups is 3. The van der Waals surface area contributed by atoms with Crippen molar-refractivity contribution in [2.45, 2.75) is 70.8 Å². The Bertz CT molecular complexity index is 2000. The first kappa shape index (κ1) is 37.4. The standard InChI is InChI=1S/C34H37F6N9O4/c1-33(2,3)53-32(52)44-20-5-4-19(14-20)30(50)46-10-12-47(13-11-46)31(51)22-7-6-21(15-24(22)35)43-28-29-42-16-25(49(29)9-8-41-28)23-17-48(18-26(36)37)45-27(23)34(38,39)40/h6-9,15-17,19-20,26H,4-5,10-14,18H2,1-3H3,(H,41,43)(H,44,52)/t19-,20+/m0/s1. The minimum Gasteiger partial charge on any atom is -0.444 e. The third kappa shape index (κ3) is 8.49. The number of ether oxygens (including phenoxy) is 1. The summed E-state index contributed by atoms with van der Waals surface area (Å²) in [6.45, 7) is 5.21. The van der Waals surface area contributed by atoms with Gasteiger partial charge in [0.1, 0.15) is 18.0 Å². The molecule has 1 saturated carbocycles. The van der Waals surface area contributed by atoms with Crippen molar-refractivity contribution < 1.29 is 45.5 Å². The summed E-state index contributed by atoms with van der Waals surface area (Å²) in [5.41, 5.74) is -2.54. The van der Waals surface area contributed by atoms with E-state index in [2.05, 4.69) is 25.7 Å². The lowest BCUT2D eigenvalue weighted by atomic mass is 10.1. The van der Waals surface area contributed by atoms with E-state index < -0.39 is 53.8 Å². The SMILES string of the molecule is CC(C)(C)OC(=O)N[C@@H]1CC[C@H](C(=O)N2CCN(C(=O)c3ccc(Nc4nccn5c(-c6cn(CC(F)F)nc6C(F)(F)F)cnc45)cc3F)CC2)C1. The molecule has 1 saturated heterocycles. The summed E-state index contributed by atoms with van der Waals surface area (Å²) in [6, 6.07) is 3.62. The third-order valence-electron chi connectivity index (χ3n) is 8.90. The highest BCUT2D eigenvalue weighted by Crippen LogP contribution is 2.37. The van der Waals surface area contributed by atoms with Gasteiger partial charge in [0.2, 0.25) is 5.91 Å². The van der Waals surface area contributed by atoms with Gasteiger partial charge in [0.25, 0.3) is 12.3 Å². The summed E-state index contributed by atoms with van der Waals surface area (Å²) in [7, 11) is 0. The molecule has 13 nitrogen and oxygen atoms in total. The molecule has 284 valence electrons. The molecule has 1 aliphatic heterocycles. The van der Waals surface area contributed by atoms with Crippen LogP contribution in [0.15, 0.2) is 43.0 Å². The number of halogens is 6. The van der Waals surface area contributed by atoms with Crippen LogP contribution in [0.4, 0.5) is 42.6 Å². The van der Waals surface area contributed by atoms with E-state index in [-0.39, 0.29) is 72.5 Å². The Morgan fingerprint density at radius 1 is 1.02 bits per heavy atom. The lowest BCUT2D eigenvalue weighted by Crippen LogP contribution is -2.52. The molecule has 2 fully saturated rings. The molecule has 4 heterocycles. The fourth-order valence-corrected chi connectivity index (χ4v) is 6.53. The average molecular weight is 750 g/mol. The molecular weight excluding hydrogens is 712 g/mol. The lowest BCUT2D eigenvalue weighted by molar-refractivity contribution is -0.141. The van der Waals surface area contributed by atoms with Crippen molar-refractivity contribution in [3.05, 3.63) is 60.1 Å². The van der Waals surface area contributed by atoms with Crippen LogP contribution in [0.3, 0.4) is 0 Å². The second-order valence-corrected chi connectivity index (χ2v) is 13.9. The van der Waals surface area contributed by atoms with Crippen LogP contribution in [0.2, 0.25) is 0 Å². The number of alkyl halides is 5. The van der Waals surface area contributed by atoms with Crippen LogP contribution in [0.25, 0.3) is 16.9 Å². The Hall–Kier alpha value is -5.36. The lowest BCUT2D eigenvalue weighted by Gasteiger charge is -2.36. The maximum Gasteiger partial charge on any atom is 0.435 e. The van der Waals surface area contributed by atoms with Crippen LogP contribution >= 0.6 is 0 Å². The van der Waals surface area contributed by atoms with Crippen molar-refractivity contribution in [3.63, 3.8) is 0 Å². The van der Waals surface area contributed by atoms with Crippen molar-refractivity contribution in [2.24, 2.45) is 5.92 Å². The Morgan fingerprint density at radius 3 is 2.40 bits per heavy atom. The molecule has 0 bridgehead atoms. The molecule has 2 N–H and O–H groups in total. The van der Waals surface area contributed by atoms with Gasteiger partial charge in [-0.1, -0.05) is 0 Å². The second kappa shape index (κ2) is 14.6. The molecule has 0 spiro atoms. The summed E-state index contributed by atoms with van der Waals surface area (Å²) in [4.78, 5) is 50.1. The van der Waals surface area contributed by atoms with Crippen LogP contribution in [0.1, 0.15) is 56.1 Å². The highest BCUT2D eigenvalue weighted by atomic mass is 19.4. The molecule has 1 aliphatic carbocycles. The quantitative estimate of drug-likeness (QED) is 0.218. The number of anilines is 2. The molecule has 3 amide bonds. The summed E-state index contributed by atoms with van der Waals surface area (Å²) in [5.74, 6) is -1.68. The van der Waals surface area contributed by atoms with Crippen molar-refractivity contribution >= 4 is 35.1 Å². The fourth-order valence-electron chi connectivity index (χ4n) is 6.53. The van der Waals surface area contributed by atoms with E-state index in [0.717, 1.165) is 18.5 Å². The van der Waals surface area contributed by atoms with Crippen molar-refractivity contribution in [3.8, 4) is 11.3 Å². The van der Waals surface area contributed by atoms with Gasteiger partial charge in [0.05, 0.1) is 23.0 Å². The maximum absolute atomic E-state index is 15.4. The van der Waals surface area contributed by atoms with E-state index in [9.17, 15) is 36.3 Å². The zero-order chi connectivity index (χ0) is 38.2. The van der Waals surface area contributed by atoms with E-state index in [1.165, 1.54) is 33.8 Å². The van der Waals surface area contributed by atoms with Crippen LogP contribution in [-0.4, -0.2) is 96.1 Å². The van der Waals surface area contributed by atoms with Crippen LogP contribution in [0.5, 0.6) is 0 Å². The normalized spacial score (nSPS) is 18.2. The van der Waals surface area contributed by atoms with Crippen LogP contribution in [-0.2, 0) is 22.3 Å². The number of alkyl carbamates (subject to hydrolysis) is 1. The molecule has 3 aromatic heterocycles. The minimum absolute atomic E-state index is 0.0424. The average Bonchev–Trinajstić information content (AvgIpc) is 3.82. The second-order valence-electron chi connectivity index (χ2n) is 13.9. The molecule has 0 unspecified atom stereocenters. The van der Waals surface area contributed by atoms with E-state index in [1.54, 1.807) is 25.7 Å². The number of benzene rings is 1. The van der Waals surface area contributed by atoms with Crippen LogP contribution in [0, 0.1) is 11.7 Å². The van der Waals surface area contributed by atoms with Gasteiger partial charge >= 0.3 is 12.3 Å². The van der Waals surface area contributed by atoms with E-state index >= 15 is 4.39 Å². The number of imidazole rings is 1. The molecule has 6 rings (SSSR count). The molecule has 2 atom stereocenters. The van der Waals surface area contributed by atoms with Gasteiger partial charge in [-0.25, -0.2) is 27.9 Å². The molecule has 19 heteroatoms. The Labute approximate surface area is 299 Å². The van der Waals surface area contributed by atoms with Gasteiger partial charge in [0.15, 0.2) is 17.2 Å². The zero-order valence-corrected chi connectivity index (χ0v) is 29.0. The number of fused-ring (bicyclic) bond motifs is 1. The number of aromatic nitrogens is 5. The van der Waals surface area contributed by atoms with Gasteiger partial charge in [-0.15, -0.1) is 0 Å². The molecule has 0 radical (unpaired) electrons. The van der Waals surface area contributed by atoms with Crippen molar-refractivity contribution in [1.82, 2.24) is 39.3 Å². The Kier molecular flexibility index (Phi) is 10.3. The van der Waals surface area contributed by atoms with Crippen LogP contribution < -0.4 is 10.6 Å². The van der Waals surface area contributed by atoms with Gasteiger partial charge in [-0.2, -0.15) is 18.3 Å². The fraction of sp³-hybridized carbons (Fsp3) is 0.471. The van der Waals surface area contributed by atoms with Crippen molar-refractivity contribution in [1.29, 1.82) is 0 Å². The largest absolute Gasteiger partial charge is 0.444 e. The molecule has 1 aromatic carbocycles. The van der Waals surface area contributed by atoms with E-state index in [4.69, 9.17) is 4.74 Å². The number of carbonyl (C=O) groups excluding carboxylic acids is 3. The topological polar surface area (TPSA) is 139 Å². The van der Waals surface area contributed by atoms with Gasteiger partial charge in [-0.05, 0) is 58.2 Å². The maximum atomic E-state index is 15.4. The summed E-state index contributed by atoms with van der Waals surface area (Å²) < 4.78 is 89.6. The first-order valence-corrected chi connectivity index (χ1v) is 16.9. The third-order valence-corrected chi connectivity index (χ3v) is 8.90. The van der Waals surface area contributed by atoms with E-state index in [0.29, 0.717) is 23.9 Å². The first-order valence-electron chi connectivity index (χ1n) is 16.9. The number of hydrogen-bond donors (Lipinski definition) is 2. The smallest absolute Gasteiger partial charge is 0.435 e. The molecule has 2 aliphatic rings. The first-order chi connectivity index (χ1) is 25.0. The predicted octanol–water partition coefficient (Wildman–Crippen LogP) is 5.74. The summed E-state index contributed by atoms with van der Waals surface area (Å²) >= 11 is 0. The molecular formula is C34H37F6N9O4. The Balaban J connectivity index is 1.08. The zero-order valence-electron chi connectivity index (χ0n) is 29.0. The van der Waals surface area contributed by atoms with Gasteiger partial charge in [-0.3, -0.25) is 18.7 Å². The highest BCUT2D eigenvalue weighted by Gasteiger charge is 2.39. The van der Waals surface area contributed by atoms with Gasteiger partial charge in [0, 0.05) is 62.4 Å². The number of rotatable bonds is 8. The minimum atomic E-state index is -4.94.